The fraction of sp³-hybridized carbons (Fsp3) is 0.429. The maximum atomic E-state index is 13.2. The Labute approximate surface area is 121 Å². The highest BCUT2D eigenvalue weighted by atomic mass is 32.2. The van der Waals surface area contributed by atoms with E-state index in [-0.39, 0.29) is 22.8 Å². The Hall–Kier alpha value is -1.56. The molecule has 1 rings (SSSR count). The molecule has 4 nitrogen and oxygen atoms in total. The van der Waals surface area contributed by atoms with Crippen molar-refractivity contribution in [3.63, 3.8) is 0 Å². The van der Waals surface area contributed by atoms with Crippen LogP contribution in [0.25, 0.3) is 0 Å². The molecule has 0 aromatic heterocycles. The number of benzene rings is 1. The van der Waals surface area contributed by atoms with Crippen LogP contribution in [0.5, 0.6) is 0 Å². The number of hydrogen-bond donors (Lipinski definition) is 2. The average Bonchev–Trinajstić information content (AvgIpc) is 2.37. The summed E-state index contributed by atoms with van der Waals surface area (Å²) in [5.41, 5.74) is -0.656. The molecule has 1 aromatic carbocycles. The Kier molecular flexibility index (Phi) is 5.56. The predicted octanol–water partition coefficient (Wildman–Crippen LogP) is 2.92. The molecule has 1 aromatic rings. The molecule has 0 aliphatic carbocycles. The predicted molar refractivity (Wildman–Crippen MR) is 76.6 cm³/mol. The lowest BCUT2D eigenvalue weighted by Crippen LogP contribution is -2.43. The van der Waals surface area contributed by atoms with Crippen molar-refractivity contribution >= 4 is 23.6 Å². The zero-order valence-corrected chi connectivity index (χ0v) is 12.5. The van der Waals surface area contributed by atoms with Crippen molar-refractivity contribution in [2.45, 2.75) is 37.6 Å². The number of rotatable bonds is 6. The van der Waals surface area contributed by atoms with Crippen LogP contribution in [0.3, 0.4) is 0 Å². The summed E-state index contributed by atoms with van der Waals surface area (Å²) in [4.78, 5) is 23.1. The summed E-state index contributed by atoms with van der Waals surface area (Å²) in [6.45, 7) is 5.83. The SMILES string of the molecule is CCC(C)(C)NC(=O)CSc1ccc(F)c(C(=O)O)c1. The maximum absolute atomic E-state index is 13.2. The van der Waals surface area contributed by atoms with Crippen LogP contribution in [0.2, 0.25) is 0 Å². The zero-order valence-electron chi connectivity index (χ0n) is 11.7. The highest BCUT2D eigenvalue weighted by Crippen LogP contribution is 2.21. The molecule has 0 spiro atoms. The molecule has 0 aliphatic rings. The number of nitrogens with one attached hydrogen (secondary N) is 1. The number of carbonyl (C=O) groups is 2. The van der Waals surface area contributed by atoms with Crippen molar-refractivity contribution in [3.8, 4) is 0 Å². The smallest absolute Gasteiger partial charge is 0.338 e. The van der Waals surface area contributed by atoms with E-state index in [1.54, 1.807) is 0 Å². The van der Waals surface area contributed by atoms with E-state index in [2.05, 4.69) is 5.32 Å². The summed E-state index contributed by atoms with van der Waals surface area (Å²) in [5.74, 6) is -2.07. The number of carbonyl (C=O) groups excluding carboxylic acids is 1. The summed E-state index contributed by atoms with van der Waals surface area (Å²) in [6.07, 6.45) is 0.809. The summed E-state index contributed by atoms with van der Waals surface area (Å²) >= 11 is 1.18. The molecule has 110 valence electrons. The van der Waals surface area contributed by atoms with Crippen molar-refractivity contribution < 1.29 is 19.1 Å². The van der Waals surface area contributed by atoms with Crippen LogP contribution in [0, 0.1) is 5.82 Å². The van der Waals surface area contributed by atoms with Gasteiger partial charge in [0.25, 0.3) is 0 Å². The van der Waals surface area contributed by atoms with E-state index in [1.807, 2.05) is 20.8 Å². The third-order valence-corrected chi connectivity index (χ3v) is 3.89. The number of carboxylic acid groups (broad SMARTS) is 1. The minimum atomic E-state index is -1.32. The molecule has 0 saturated heterocycles. The van der Waals surface area contributed by atoms with E-state index in [0.717, 1.165) is 12.5 Å². The molecule has 1 amide bonds. The summed E-state index contributed by atoms with van der Waals surface area (Å²) in [7, 11) is 0. The molecular weight excluding hydrogens is 281 g/mol. The van der Waals surface area contributed by atoms with Crippen molar-refractivity contribution in [3.05, 3.63) is 29.6 Å². The standard InChI is InChI=1S/C14H18FNO3S/c1-4-14(2,3)16-12(17)8-20-9-5-6-11(15)10(7-9)13(18)19/h5-7H,4,8H2,1-3H3,(H,16,17)(H,18,19). The van der Waals surface area contributed by atoms with Gasteiger partial charge in [0.1, 0.15) is 5.82 Å². The van der Waals surface area contributed by atoms with Gasteiger partial charge in [0.05, 0.1) is 11.3 Å². The fourth-order valence-electron chi connectivity index (χ4n) is 1.41. The molecule has 0 bridgehead atoms. The molecule has 0 unspecified atom stereocenters. The van der Waals surface area contributed by atoms with Gasteiger partial charge in [0.2, 0.25) is 5.91 Å². The van der Waals surface area contributed by atoms with Gasteiger partial charge in [-0.3, -0.25) is 4.79 Å². The van der Waals surface area contributed by atoms with Crippen molar-refractivity contribution in [2.24, 2.45) is 0 Å². The van der Waals surface area contributed by atoms with Gasteiger partial charge in [-0.05, 0) is 38.5 Å². The van der Waals surface area contributed by atoms with E-state index in [1.165, 1.54) is 23.9 Å². The first-order valence-electron chi connectivity index (χ1n) is 6.22. The molecule has 0 atom stereocenters. The number of amides is 1. The van der Waals surface area contributed by atoms with Gasteiger partial charge in [-0.15, -0.1) is 11.8 Å². The van der Waals surface area contributed by atoms with Crippen molar-refractivity contribution in [2.75, 3.05) is 5.75 Å². The summed E-state index contributed by atoms with van der Waals surface area (Å²) < 4.78 is 13.2. The molecule has 0 radical (unpaired) electrons. The third kappa shape index (κ3) is 4.85. The maximum Gasteiger partial charge on any atom is 0.338 e. The number of thioether (sulfide) groups is 1. The number of hydrogen-bond acceptors (Lipinski definition) is 3. The van der Waals surface area contributed by atoms with Crippen molar-refractivity contribution in [1.29, 1.82) is 0 Å². The third-order valence-electron chi connectivity index (χ3n) is 2.90. The van der Waals surface area contributed by atoms with Crippen LogP contribution >= 0.6 is 11.8 Å². The van der Waals surface area contributed by atoms with Crippen LogP contribution in [0.4, 0.5) is 4.39 Å². The highest BCUT2D eigenvalue weighted by molar-refractivity contribution is 8.00. The van der Waals surface area contributed by atoms with Gasteiger partial charge in [0, 0.05) is 10.4 Å². The highest BCUT2D eigenvalue weighted by Gasteiger charge is 2.18. The van der Waals surface area contributed by atoms with Gasteiger partial charge in [0.15, 0.2) is 0 Å². The lowest BCUT2D eigenvalue weighted by atomic mass is 10.0. The molecule has 20 heavy (non-hydrogen) atoms. The van der Waals surface area contributed by atoms with E-state index in [0.29, 0.717) is 4.90 Å². The van der Waals surface area contributed by atoms with Gasteiger partial charge in [-0.2, -0.15) is 0 Å². The van der Waals surface area contributed by atoms with E-state index in [4.69, 9.17) is 5.11 Å². The quantitative estimate of drug-likeness (QED) is 0.793. The molecule has 0 saturated carbocycles. The molecule has 0 aliphatic heterocycles. The van der Waals surface area contributed by atoms with E-state index < -0.39 is 11.8 Å². The van der Waals surface area contributed by atoms with Gasteiger partial charge < -0.3 is 10.4 Å². The van der Waals surface area contributed by atoms with Gasteiger partial charge in [-0.25, -0.2) is 9.18 Å². The first kappa shape index (κ1) is 16.5. The first-order chi connectivity index (χ1) is 9.25. The number of carboxylic acids is 1. The Balaban J connectivity index is 2.64. The van der Waals surface area contributed by atoms with Gasteiger partial charge >= 0.3 is 5.97 Å². The number of halogens is 1. The number of aromatic carboxylic acids is 1. The molecular formula is C14H18FNO3S. The monoisotopic (exact) mass is 299 g/mol. The van der Waals surface area contributed by atoms with Crippen molar-refractivity contribution in [1.82, 2.24) is 5.32 Å². The Morgan fingerprint density at radius 3 is 2.60 bits per heavy atom. The van der Waals surface area contributed by atoms with Crippen LogP contribution in [0.15, 0.2) is 23.1 Å². The zero-order chi connectivity index (χ0) is 15.3. The second-order valence-electron chi connectivity index (χ2n) is 5.02. The lowest BCUT2D eigenvalue weighted by molar-refractivity contribution is -0.120. The first-order valence-corrected chi connectivity index (χ1v) is 7.20. The second kappa shape index (κ2) is 6.74. The summed E-state index contributed by atoms with van der Waals surface area (Å²) in [6, 6.07) is 3.80. The molecule has 2 N–H and O–H groups in total. The second-order valence-corrected chi connectivity index (χ2v) is 6.07. The van der Waals surface area contributed by atoms with Crippen LogP contribution in [-0.4, -0.2) is 28.3 Å². The fourth-order valence-corrected chi connectivity index (χ4v) is 2.14. The van der Waals surface area contributed by atoms with E-state index >= 15 is 0 Å². The summed E-state index contributed by atoms with van der Waals surface area (Å²) in [5, 5.41) is 11.7. The minimum absolute atomic E-state index is 0.136. The normalized spacial score (nSPS) is 11.2. The Morgan fingerprint density at radius 2 is 2.05 bits per heavy atom. The topological polar surface area (TPSA) is 66.4 Å². The average molecular weight is 299 g/mol. The lowest BCUT2D eigenvalue weighted by Gasteiger charge is -2.24. The Bertz CT molecular complexity index is 517. The molecule has 6 heteroatoms. The molecule has 0 fully saturated rings. The van der Waals surface area contributed by atoms with Gasteiger partial charge in [-0.1, -0.05) is 6.92 Å². The van der Waals surface area contributed by atoms with E-state index in [9.17, 15) is 14.0 Å². The molecule has 0 heterocycles. The Morgan fingerprint density at radius 1 is 1.40 bits per heavy atom. The van der Waals surface area contributed by atoms with Crippen LogP contribution < -0.4 is 5.32 Å². The largest absolute Gasteiger partial charge is 0.478 e. The van der Waals surface area contributed by atoms with Crippen LogP contribution in [-0.2, 0) is 4.79 Å². The minimum Gasteiger partial charge on any atom is -0.478 e. The van der Waals surface area contributed by atoms with Crippen LogP contribution in [0.1, 0.15) is 37.6 Å².